The summed E-state index contributed by atoms with van der Waals surface area (Å²) in [5, 5.41) is 11.1. The van der Waals surface area contributed by atoms with Crippen LogP contribution in [-0.4, -0.2) is 28.3 Å². The molecule has 7 heteroatoms. The average molecular weight is 318 g/mol. The molecule has 0 fully saturated rings. The van der Waals surface area contributed by atoms with E-state index in [0.29, 0.717) is 11.3 Å². The summed E-state index contributed by atoms with van der Waals surface area (Å²) in [6.45, 7) is 5.30. The third-order valence-corrected chi connectivity index (χ3v) is 3.01. The Morgan fingerprint density at radius 2 is 1.91 bits per heavy atom. The van der Waals surface area contributed by atoms with Crippen molar-refractivity contribution in [1.29, 1.82) is 0 Å². The highest BCUT2D eigenvalue weighted by molar-refractivity contribution is 5.82. The number of aromatic nitrogens is 1. The molecule has 0 spiro atoms. The maximum Gasteiger partial charge on any atom is 0.418 e. The van der Waals surface area contributed by atoms with Crippen LogP contribution in [0.2, 0.25) is 0 Å². The van der Waals surface area contributed by atoms with Crippen LogP contribution in [0.25, 0.3) is 11.3 Å². The Hall–Kier alpha value is -2.83. The maximum atomic E-state index is 12.3. The topological polar surface area (TPSA) is 83.6 Å². The van der Waals surface area contributed by atoms with E-state index in [2.05, 4.69) is 0 Å². The Bertz CT molecular complexity index is 743. The number of hydrogen-bond acceptors (Lipinski definition) is 5. The SMILES string of the molecule is COc1c(-c2cccn2C(=O)OC(C)(C)C)cccc1[N+](=O)[O-]. The molecule has 7 nitrogen and oxygen atoms in total. The lowest BCUT2D eigenvalue weighted by molar-refractivity contribution is -0.385. The standard InChI is InChI=1S/C16H18N2O5/c1-16(2,3)23-15(19)17-10-6-9-12(17)11-7-5-8-13(18(20)21)14(11)22-4/h5-10H,1-4H3. The molecule has 0 amide bonds. The third kappa shape index (κ3) is 3.50. The molecular formula is C16H18N2O5. The zero-order valence-electron chi connectivity index (χ0n) is 13.4. The van der Waals surface area contributed by atoms with Gasteiger partial charge < -0.3 is 9.47 Å². The van der Waals surface area contributed by atoms with Gasteiger partial charge in [-0.1, -0.05) is 6.07 Å². The fourth-order valence-electron chi connectivity index (χ4n) is 2.16. The monoisotopic (exact) mass is 318 g/mol. The van der Waals surface area contributed by atoms with Crippen LogP contribution in [0.5, 0.6) is 5.75 Å². The smallest absolute Gasteiger partial charge is 0.418 e. The van der Waals surface area contributed by atoms with Crippen LogP contribution in [0.3, 0.4) is 0 Å². The third-order valence-electron chi connectivity index (χ3n) is 3.01. The molecule has 23 heavy (non-hydrogen) atoms. The van der Waals surface area contributed by atoms with Crippen molar-refractivity contribution in [1.82, 2.24) is 4.57 Å². The summed E-state index contributed by atoms with van der Waals surface area (Å²) < 4.78 is 11.8. The highest BCUT2D eigenvalue weighted by atomic mass is 16.6. The van der Waals surface area contributed by atoms with Crippen LogP contribution in [-0.2, 0) is 4.74 Å². The fraction of sp³-hybridized carbons (Fsp3) is 0.312. The summed E-state index contributed by atoms with van der Waals surface area (Å²) in [5.41, 5.74) is 0.0880. The molecule has 0 saturated heterocycles. The molecule has 0 aliphatic heterocycles. The van der Waals surface area contributed by atoms with Crippen molar-refractivity contribution >= 4 is 11.8 Å². The second kappa shape index (κ2) is 6.12. The molecule has 0 unspecified atom stereocenters. The number of nitrogens with zero attached hydrogens (tertiary/aromatic N) is 2. The van der Waals surface area contributed by atoms with Gasteiger partial charge >= 0.3 is 11.8 Å². The zero-order valence-corrected chi connectivity index (χ0v) is 13.4. The lowest BCUT2D eigenvalue weighted by Gasteiger charge is -2.20. The molecule has 0 N–H and O–H groups in total. The van der Waals surface area contributed by atoms with E-state index >= 15 is 0 Å². The zero-order chi connectivity index (χ0) is 17.2. The molecule has 0 bridgehead atoms. The summed E-state index contributed by atoms with van der Waals surface area (Å²) >= 11 is 0. The van der Waals surface area contributed by atoms with Crippen LogP contribution in [0, 0.1) is 10.1 Å². The van der Waals surface area contributed by atoms with Gasteiger partial charge in [0.05, 0.1) is 17.7 Å². The van der Waals surface area contributed by atoms with Crippen molar-refractivity contribution < 1.29 is 19.2 Å². The largest absolute Gasteiger partial charge is 0.490 e. The van der Waals surface area contributed by atoms with E-state index in [1.165, 1.54) is 17.7 Å². The summed E-state index contributed by atoms with van der Waals surface area (Å²) in [7, 11) is 1.35. The van der Waals surface area contributed by atoms with E-state index in [9.17, 15) is 14.9 Å². The minimum absolute atomic E-state index is 0.0982. The van der Waals surface area contributed by atoms with Gasteiger partial charge in [0.25, 0.3) is 0 Å². The molecular weight excluding hydrogens is 300 g/mol. The number of carbonyl (C=O) groups excluding carboxylic acids is 1. The number of ether oxygens (including phenoxy) is 2. The quantitative estimate of drug-likeness (QED) is 0.634. The Kier molecular flexibility index (Phi) is 4.40. The average Bonchev–Trinajstić information content (AvgIpc) is 2.93. The predicted octanol–water partition coefficient (Wildman–Crippen LogP) is 3.86. The van der Waals surface area contributed by atoms with E-state index in [0.717, 1.165) is 0 Å². The number of nitro groups is 1. The maximum absolute atomic E-state index is 12.3. The van der Waals surface area contributed by atoms with Gasteiger partial charge in [-0.05, 0) is 39.0 Å². The minimum atomic E-state index is -0.647. The van der Waals surface area contributed by atoms with Crippen LogP contribution < -0.4 is 4.74 Å². The number of hydrogen-bond donors (Lipinski definition) is 0. The van der Waals surface area contributed by atoms with Crippen molar-refractivity contribution in [3.05, 3.63) is 46.6 Å². The van der Waals surface area contributed by atoms with Gasteiger partial charge in [0.2, 0.25) is 5.75 Å². The molecule has 0 atom stereocenters. The van der Waals surface area contributed by atoms with Crippen molar-refractivity contribution in [3.63, 3.8) is 0 Å². The first-order valence-electron chi connectivity index (χ1n) is 6.97. The Morgan fingerprint density at radius 3 is 2.48 bits per heavy atom. The van der Waals surface area contributed by atoms with Gasteiger partial charge in [0.15, 0.2) is 0 Å². The number of carbonyl (C=O) groups is 1. The van der Waals surface area contributed by atoms with Crippen LogP contribution in [0.4, 0.5) is 10.5 Å². The molecule has 1 heterocycles. The summed E-state index contributed by atoms with van der Waals surface area (Å²) in [6.07, 6.45) is 0.979. The molecule has 1 aromatic carbocycles. The summed E-state index contributed by atoms with van der Waals surface area (Å²) in [4.78, 5) is 22.9. The highest BCUT2D eigenvalue weighted by Crippen LogP contribution is 2.37. The number of para-hydroxylation sites is 1. The minimum Gasteiger partial charge on any atom is -0.490 e. The molecule has 2 aromatic rings. The lowest BCUT2D eigenvalue weighted by Crippen LogP contribution is -2.27. The van der Waals surface area contributed by atoms with Crippen molar-refractivity contribution in [3.8, 4) is 17.0 Å². The second-order valence-electron chi connectivity index (χ2n) is 5.86. The van der Waals surface area contributed by atoms with Gasteiger partial charge in [0, 0.05) is 17.8 Å². The van der Waals surface area contributed by atoms with E-state index in [1.54, 1.807) is 51.2 Å². The fourth-order valence-corrected chi connectivity index (χ4v) is 2.16. The van der Waals surface area contributed by atoms with Gasteiger partial charge in [0.1, 0.15) is 5.60 Å². The van der Waals surface area contributed by atoms with E-state index in [1.807, 2.05) is 0 Å². The van der Waals surface area contributed by atoms with Crippen molar-refractivity contribution in [2.24, 2.45) is 0 Å². The van der Waals surface area contributed by atoms with Crippen LogP contribution in [0.1, 0.15) is 20.8 Å². The number of benzene rings is 1. The van der Waals surface area contributed by atoms with Gasteiger partial charge in [-0.3, -0.25) is 14.7 Å². The summed E-state index contributed by atoms with van der Waals surface area (Å²) in [5.74, 6) is 0.0982. The normalized spacial score (nSPS) is 11.1. The predicted molar refractivity (Wildman–Crippen MR) is 84.7 cm³/mol. The van der Waals surface area contributed by atoms with Crippen molar-refractivity contribution in [2.45, 2.75) is 26.4 Å². The Morgan fingerprint density at radius 1 is 1.22 bits per heavy atom. The highest BCUT2D eigenvalue weighted by Gasteiger charge is 2.24. The van der Waals surface area contributed by atoms with Crippen LogP contribution in [0.15, 0.2) is 36.5 Å². The van der Waals surface area contributed by atoms with E-state index in [4.69, 9.17) is 9.47 Å². The first-order chi connectivity index (χ1) is 10.7. The molecule has 1 aromatic heterocycles. The number of rotatable bonds is 3. The first kappa shape index (κ1) is 16.5. The first-order valence-corrected chi connectivity index (χ1v) is 6.97. The summed E-state index contributed by atoms with van der Waals surface area (Å²) in [6, 6.07) is 7.89. The van der Waals surface area contributed by atoms with Gasteiger partial charge in [-0.25, -0.2) is 4.79 Å². The Balaban J connectivity index is 2.53. The number of methoxy groups -OCH3 is 1. The molecule has 122 valence electrons. The molecule has 2 rings (SSSR count). The van der Waals surface area contributed by atoms with Gasteiger partial charge in [-0.2, -0.15) is 0 Å². The molecule has 0 saturated carbocycles. The molecule has 0 aliphatic carbocycles. The van der Waals surface area contributed by atoms with Crippen LogP contribution >= 0.6 is 0 Å². The van der Waals surface area contributed by atoms with E-state index < -0.39 is 16.6 Å². The molecule has 0 aliphatic rings. The second-order valence-corrected chi connectivity index (χ2v) is 5.86. The number of nitro benzene ring substituents is 1. The molecule has 0 radical (unpaired) electrons. The lowest BCUT2D eigenvalue weighted by atomic mass is 10.1. The van der Waals surface area contributed by atoms with Crippen molar-refractivity contribution in [2.75, 3.05) is 7.11 Å². The Labute approximate surface area is 133 Å². The van der Waals surface area contributed by atoms with Gasteiger partial charge in [-0.15, -0.1) is 0 Å². The van der Waals surface area contributed by atoms with E-state index in [-0.39, 0.29) is 11.4 Å².